The summed E-state index contributed by atoms with van der Waals surface area (Å²) in [7, 11) is 0. The van der Waals surface area contributed by atoms with Crippen molar-refractivity contribution in [3.63, 3.8) is 0 Å². The number of hydrogen-bond acceptors (Lipinski definition) is 2. The van der Waals surface area contributed by atoms with Crippen molar-refractivity contribution in [2.24, 2.45) is 17.8 Å². The van der Waals surface area contributed by atoms with Crippen LogP contribution in [0.5, 0.6) is 0 Å². The van der Waals surface area contributed by atoms with Gasteiger partial charge in [-0.25, -0.2) is 0 Å². The molecule has 4 rings (SSSR count). The molecule has 4 aliphatic rings. The summed E-state index contributed by atoms with van der Waals surface area (Å²) in [6.45, 7) is 4.57. The van der Waals surface area contributed by atoms with E-state index in [2.05, 4.69) is 24.1 Å². The van der Waals surface area contributed by atoms with Crippen LogP contribution in [0.3, 0.4) is 0 Å². The van der Waals surface area contributed by atoms with E-state index in [1.807, 2.05) is 0 Å². The van der Waals surface area contributed by atoms with Crippen LogP contribution < -0.4 is 5.32 Å². The van der Waals surface area contributed by atoms with Gasteiger partial charge in [0.15, 0.2) is 0 Å². The molecule has 1 N–H and O–H groups in total. The van der Waals surface area contributed by atoms with Gasteiger partial charge in [-0.05, 0) is 62.7 Å². The SMILES string of the molecule is CC(C)CC1NC2(CCCC2)C(=O)N1C(C1CC1)C1CC1. The number of carbonyl (C=O) groups excluding carboxylic acids is 1. The zero-order valence-corrected chi connectivity index (χ0v) is 13.6. The summed E-state index contributed by atoms with van der Waals surface area (Å²) < 4.78 is 0. The molecule has 118 valence electrons. The Labute approximate surface area is 128 Å². The van der Waals surface area contributed by atoms with E-state index in [9.17, 15) is 4.79 Å². The van der Waals surface area contributed by atoms with Crippen molar-refractivity contribution < 1.29 is 4.79 Å². The van der Waals surface area contributed by atoms with E-state index in [0.29, 0.717) is 24.0 Å². The normalized spacial score (nSPS) is 32.1. The minimum Gasteiger partial charge on any atom is -0.322 e. The Morgan fingerprint density at radius 3 is 2.19 bits per heavy atom. The number of nitrogens with one attached hydrogen (secondary N) is 1. The Bertz CT molecular complexity index is 407. The Hall–Kier alpha value is -0.570. The van der Waals surface area contributed by atoms with Crippen molar-refractivity contribution >= 4 is 5.91 Å². The van der Waals surface area contributed by atoms with Crippen molar-refractivity contribution in [3.05, 3.63) is 0 Å². The second kappa shape index (κ2) is 4.97. The summed E-state index contributed by atoms with van der Waals surface area (Å²) in [6.07, 6.45) is 11.4. The molecule has 1 atom stereocenters. The topological polar surface area (TPSA) is 32.3 Å². The molecule has 0 radical (unpaired) electrons. The van der Waals surface area contributed by atoms with Gasteiger partial charge in [-0.15, -0.1) is 0 Å². The van der Waals surface area contributed by atoms with Gasteiger partial charge < -0.3 is 4.90 Å². The van der Waals surface area contributed by atoms with Gasteiger partial charge in [-0.3, -0.25) is 10.1 Å². The van der Waals surface area contributed by atoms with E-state index in [1.165, 1.54) is 38.5 Å². The standard InChI is InChI=1S/C18H30N2O/c1-12(2)11-15-19-18(9-3-4-10-18)17(21)20(15)16(13-5-6-13)14-7-8-14/h12-16,19H,3-11H2,1-2H3. The summed E-state index contributed by atoms with van der Waals surface area (Å²) in [5, 5.41) is 3.82. The minimum atomic E-state index is -0.179. The second-order valence-electron chi connectivity index (χ2n) is 8.46. The van der Waals surface area contributed by atoms with Crippen molar-refractivity contribution in [3.8, 4) is 0 Å². The fourth-order valence-corrected chi connectivity index (χ4v) is 4.85. The molecule has 1 aliphatic heterocycles. The highest BCUT2D eigenvalue weighted by Crippen LogP contribution is 2.50. The molecule has 1 unspecified atom stereocenters. The minimum absolute atomic E-state index is 0.179. The molecule has 1 saturated heterocycles. The molecule has 21 heavy (non-hydrogen) atoms. The van der Waals surface area contributed by atoms with Crippen molar-refractivity contribution in [1.29, 1.82) is 0 Å². The number of amides is 1. The number of nitrogens with zero attached hydrogens (tertiary/aromatic N) is 1. The van der Waals surface area contributed by atoms with Gasteiger partial charge in [-0.1, -0.05) is 26.7 Å². The third kappa shape index (κ3) is 2.42. The Kier molecular flexibility index (Phi) is 3.33. The lowest BCUT2D eigenvalue weighted by Crippen LogP contribution is -2.47. The molecule has 0 aromatic carbocycles. The average Bonchev–Trinajstić information content (AvgIpc) is 3.35. The third-order valence-corrected chi connectivity index (χ3v) is 6.11. The van der Waals surface area contributed by atoms with Crippen LogP contribution in [0.4, 0.5) is 0 Å². The van der Waals surface area contributed by atoms with Crippen LogP contribution in [0.15, 0.2) is 0 Å². The average molecular weight is 290 g/mol. The maximum atomic E-state index is 13.3. The van der Waals surface area contributed by atoms with Gasteiger partial charge in [0.2, 0.25) is 5.91 Å². The molecular weight excluding hydrogens is 260 g/mol. The Morgan fingerprint density at radius 1 is 1.14 bits per heavy atom. The first-order valence-electron chi connectivity index (χ1n) is 9.21. The molecule has 3 heteroatoms. The van der Waals surface area contributed by atoms with E-state index < -0.39 is 0 Å². The van der Waals surface area contributed by atoms with Crippen LogP contribution in [0.1, 0.15) is 71.6 Å². The molecule has 4 fully saturated rings. The van der Waals surface area contributed by atoms with E-state index in [-0.39, 0.29) is 5.54 Å². The van der Waals surface area contributed by atoms with E-state index in [0.717, 1.165) is 31.1 Å². The van der Waals surface area contributed by atoms with Crippen LogP contribution in [0, 0.1) is 17.8 Å². The van der Waals surface area contributed by atoms with Crippen LogP contribution in [-0.4, -0.2) is 28.6 Å². The lowest BCUT2D eigenvalue weighted by molar-refractivity contribution is -0.136. The molecule has 3 saturated carbocycles. The zero-order chi connectivity index (χ0) is 14.6. The Morgan fingerprint density at radius 2 is 1.71 bits per heavy atom. The molecule has 3 aliphatic carbocycles. The lowest BCUT2D eigenvalue weighted by Gasteiger charge is -2.34. The van der Waals surface area contributed by atoms with E-state index >= 15 is 0 Å². The van der Waals surface area contributed by atoms with E-state index in [1.54, 1.807) is 0 Å². The quantitative estimate of drug-likeness (QED) is 0.842. The zero-order valence-electron chi connectivity index (χ0n) is 13.6. The van der Waals surface area contributed by atoms with Crippen LogP contribution in [0.25, 0.3) is 0 Å². The highest BCUT2D eigenvalue weighted by Gasteiger charge is 2.58. The van der Waals surface area contributed by atoms with Crippen molar-refractivity contribution in [1.82, 2.24) is 10.2 Å². The molecule has 0 aromatic heterocycles. The maximum Gasteiger partial charge on any atom is 0.244 e. The van der Waals surface area contributed by atoms with Gasteiger partial charge >= 0.3 is 0 Å². The molecule has 3 nitrogen and oxygen atoms in total. The third-order valence-electron chi connectivity index (χ3n) is 6.11. The van der Waals surface area contributed by atoms with Gasteiger partial charge in [0.05, 0.1) is 11.7 Å². The monoisotopic (exact) mass is 290 g/mol. The fraction of sp³-hybridized carbons (Fsp3) is 0.944. The summed E-state index contributed by atoms with van der Waals surface area (Å²) in [5.41, 5.74) is -0.179. The lowest BCUT2D eigenvalue weighted by atomic mass is 9.96. The van der Waals surface area contributed by atoms with Crippen molar-refractivity contribution in [2.45, 2.75) is 89.4 Å². The van der Waals surface area contributed by atoms with Gasteiger partial charge in [0.25, 0.3) is 0 Å². The highest BCUT2D eigenvalue weighted by molar-refractivity contribution is 5.89. The fourth-order valence-electron chi connectivity index (χ4n) is 4.85. The number of rotatable bonds is 5. The molecule has 0 bridgehead atoms. The smallest absolute Gasteiger partial charge is 0.244 e. The van der Waals surface area contributed by atoms with Gasteiger partial charge in [0, 0.05) is 6.04 Å². The largest absolute Gasteiger partial charge is 0.322 e. The number of hydrogen-bond donors (Lipinski definition) is 1. The molecule has 0 aromatic rings. The summed E-state index contributed by atoms with van der Waals surface area (Å²) in [6, 6.07) is 0.564. The summed E-state index contributed by atoms with van der Waals surface area (Å²) in [5.74, 6) is 2.74. The second-order valence-corrected chi connectivity index (χ2v) is 8.46. The predicted octanol–water partition coefficient (Wildman–Crippen LogP) is 3.29. The predicted molar refractivity (Wildman–Crippen MR) is 83.7 cm³/mol. The van der Waals surface area contributed by atoms with Crippen LogP contribution >= 0.6 is 0 Å². The van der Waals surface area contributed by atoms with Crippen LogP contribution in [0.2, 0.25) is 0 Å². The molecule has 1 spiro atoms. The first kappa shape index (κ1) is 14.0. The molecule has 1 amide bonds. The first-order chi connectivity index (χ1) is 10.1. The van der Waals surface area contributed by atoms with Gasteiger partial charge in [0.1, 0.15) is 0 Å². The van der Waals surface area contributed by atoms with Gasteiger partial charge in [-0.2, -0.15) is 0 Å². The highest BCUT2D eigenvalue weighted by atomic mass is 16.2. The summed E-state index contributed by atoms with van der Waals surface area (Å²) in [4.78, 5) is 15.7. The number of carbonyl (C=O) groups is 1. The maximum absolute atomic E-state index is 13.3. The van der Waals surface area contributed by atoms with Crippen molar-refractivity contribution in [2.75, 3.05) is 0 Å². The first-order valence-corrected chi connectivity index (χ1v) is 9.21. The molecule has 1 heterocycles. The van der Waals surface area contributed by atoms with E-state index in [4.69, 9.17) is 0 Å². The molecular formula is C18H30N2O. The van der Waals surface area contributed by atoms with Crippen LogP contribution in [-0.2, 0) is 4.79 Å². The summed E-state index contributed by atoms with van der Waals surface area (Å²) >= 11 is 0. The Balaban J connectivity index is 1.62.